The standard InChI is InChI=1S/C21H26N2O4S2/c1-15-8-4-5-9-16(15)14-17-20(27)23(21(28)29-17)13-6-2-3-10-18(24)22-12-7-11-19(25)26/h4-5,8-9,14H,2-3,6-7,10-13H2,1H3,(H,22,24)(H,25,26)/b17-14-. The summed E-state index contributed by atoms with van der Waals surface area (Å²) >= 11 is 6.69. The van der Waals surface area contributed by atoms with Crippen LogP contribution in [0.15, 0.2) is 29.2 Å². The topological polar surface area (TPSA) is 86.7 Å². The van der Waals surface area contributed by atoms with E-state index >= 15 is 0 Å². The molecular formula is C21H26N2O4S2. The molecule has 156 valence electrons. The van der Waals surface area contributed by atoms with Gasteiger partial charge in [-0.05, 0) is 43.4 Å². The lowest BCUT2D eigenvalue weighted by atomic mass is 10.1. The van der Waals surface area contributed by atoms with Gasteiger partial charge in [0, 0.05) is 25.9 Å². The van der Waals surface area contributed by atoms with Gasteiger partial charge in [-0.1, -0.05) is 54.7 Å². The number of amides is 2. The van der Waals surface area contributed by atoms with Crippen molar-refractivity contribution in [3.63, 3.8) is 0 Å². The van der Waals surface area contributed by atoms with Crippen molar-refractivity contribution < 1.29 is 19.5 Å². The maximum Gasteiger partial charge on any atom is 0.303 e. The van der Waals surface area contributed by atoms with Crippen LogP contribution in [0.25, 0.3) is 6.08 Å². The van der Waals surface area contributed by atoms with Gasteiger partial charge in [-0.15, -0.1) is 0 Å². The Labute approximate surface area is 180 Å². The van der Waals surface area contributed by atoms with E-state index in [1.807, 2.05) is 37.3 Å². The van der Waals surface area contributed by atoms with E-state index in [1.165, 1.54) is 11.8 Å². The Balaban J connectivity index is 1.70. The van der Waals surface area contributed by atoms with Crippen molar-refractivity contribution in [2.24, 2.45) is 0 Å². The summed E-state index contributed by atoms with van der Waals surface area (Å²) in [6, 6.07) is 7.90. The molecule has 1 fully saturated rings. The Morgan fingerprint density at radius 3 is 2.66 bits per heavy atom. The van der Waals surface area contributed by atoms with Crippen molar-refractivity contribution in [1.29, 1.82) is 0 Å². The Morgan fingerprint density at radius 1 is 1.17 bits per heavy atom. The second-order valence-electron chi connectivity index (χ2n) is 6.85. The van der Waals surface area contributed by atoms with Gasteiger partial charge in [0.15, 0.2) is 0 Å². The Bertz CT molecular complexity index is 808. The molecule has 0 saturated carbocycles. The number of nitrogens with zero attached hydrogens (tertiary/aromatic N) is 1. The summed E-state index contributed by atoms with van der Waals surface area (Å²) in [6.45, 7) is 2.94. The monoisotopic (exact) mass is 434 g/mol. The third kappa shape index (κ3) is 7.62. The molecule has 1 heterocycles. The Hall–Kier alpha value is -2.19. The second kappa shape index (κ2) is 11.7. The van der Waals surface area contributed by atoms with Crippen molar-refractivity contribution in [1.82, 2.24) is 10.2 Å². The molecule has 0 aromatic heterocycles. The highest BCUT2D eigenvalue weighted by atomic mass is 32.2. The summed E-state index contributed by atoms with van der Waals surface area (Å²) in [6.07, 6.45) is 5.10. The number of aryl methyl sites for hydroxylation is 1. The molecule has 1 aromatic rings. The third-order valence-corrected chi connectivity index (χ3v) is 5.90. The van der Waals surface area contributed by atoms with Crippen LogP contribution < -0.4 is 5.32 Å². The van der Waals surface area contributed by atoms with Gasteiger partial charge < -0.3 is 10.4 Å². The van der Waals surface area contributed by atoms with Gasteiger partial charge >= 0.3 is 5.97 Å². The average molecular weight is 435 g/mol. The van der Waals surface area contributed by atoms with Gasteiger partial charge in [0.2, 0.25) is 5.91 Å². The van der Waals surface area contributed by atoms with Crippen LogP contribution in [0, 0.1) is 6.92 Å². The SMILES string of the molecule is Cc1ccccc1/C=C1\SC(=S)N(CCCCCC(=O)NCCCC(=O)O)C1=O. The minimum absolute atomic E-state index is 0.0561. The molecule has 0 unspecified atom stereocenters. The Morgan fingerprint density at radius 2 is 1.93 bits per heavy atom. The van der Waals surface area contributed by atoms with E-state index in [-0.39, 0.29) is 18.2 Å². The number of rotatable bonds is 11. The van der Waals surface area contributed by atoms with Crippen molar-refractivity contribution in [2.75, 3.05) is 13.1 Å². The number of thioether (sulfide) groups is 1. The zero-order valence-corrected chi connectivity index (χ0v) is 18.1. The smallest absolute Gasteiger partial charge is 0.303 e. The lowest BCUT2D eigenvalue weighted by molar-refractivity contribution is -0.137. The summed E-state index contributed by atoms with van der Waals surface area (Å²) in [5.41, 5.74) is 2.13. The van der Waals surface area contributed by atoms with Crippen molar-refractivity contribution in [3.05, 3.63) is 40.3 Å². The van der Waals surface area contributed by atoms with Gasteiger partial charge in [-0.25, -0.2) is 0 Å². The summed E-state index contributed by atoms with van der Waals surface area (Å²) in [7, 11) is 0. The predicted octanol–water partition coefficient (Wildman–Crippen LogP) is 3.74. The highest BCUT2D eigenvalue weighted by Gasteiger charge is 2.31. The van der Waals surface area contributed by atoms with Crippen LogP contribution in [0.1, 0.15) is 49.7 Å². The van der Waals surface area contributed by atoms with Gasteiger partial charge in [0.05, 0.1) is 4.91 Å². The second-order valence-corrected chi connectivity index (χ2v) is 8.52. The maximum atomic E-state index is 12.6. The van der Waals surface area contributed by atoms with Crippen molar-refractivity contribution >= 4 is 52.2 Å². The van der Waals surface area contributed by atoms with Crippen LogP contribution in [0.5, 0.6) is 0 Å². The normalized spacial score (nSPS) is 15.2. The number of carboxylic acid groups (broad SMARTS) is 1. The van der Waals surface area contributed by atoms with Crippen LogP contribution in [0.4, 0.5) is 0 Å². The fourth-order valence-corrected chi connectivity index (χ4v) is 4.17. The van der Waals surface area contributed by atoms with Crippen LogP contribution in [-0.2, 0) is 14.4 Å². The first-order chi connectivity index (χ1) is 13.9. The highest BCUT2D eigenvalue weighted by molar-refractivity contribution is 8.26. The molecule has 2 N–H and O–H groups in total. The Kier molecular flexibility index (Phi) is 9.34. The molecule has 1 aliphatic rings. The lowest BCUT2D eigenvalue weighted by Crippen LogP contribution is -2.29. The fourth-order valence-electron chi connectivity index (χ4n) is 2.87. The van der Waals surface area contributed by atoms with Crippen LogP contribution in [0.3, 0.4) is 0 Å². The molecule has 1 aromatic carbocycles. The first-order valence-electron chi connectivity index (χ1n) is 9.68. The molecule has 29 heavy (non-hydrogen) atoms. The van der Waals surface area contributed by atoms with E-state index in [0.29, 0.717) is 35.2 Å². The molecule has 2 rings (SSSR count). The summed E-state index contributed by atoms with van der Waals surface area (Å²) in [5, 5.41) is 11.3. The number of carboxylic acids is 1. The van der Waals surface area contributed by atoms with Gasteiger partial charge in [0.1, 0.15) is 4.32 Å². The first-order valence-corrected chi connectivity index (χ1v) is 10.9. The van der Waals surface area contributed by atoms with E-state index < -0.39 is 5.97 Å². The average Bonchev–Trinajstić information content (AvgIpc) is 2.94. The maximum absolute atomic E-state index is 12.6. The lowest BCUT2D eigenvalue weighted by Gasteiger charge is -2.14. The number of carbonyl (C=O) groups excluding carboxylic acids is 2. The van der Waals surface area contributed by atoms with E-state index in [0.717, 1.165) is 30.4 Å². The molecule has 2 amide bonds. The number of hydrogen-bond acceptors (Lipinski definition) is 5. The molecule has 0 aliphatic carbocycles. The number of carbonyl (C=O) groups is 3. The summed E-state index contributed by atoms with van der Waals surface area (Å²) in [5.74, 6) is -0.981. The minimum atomic E-state index is -0.858. The molecular weight excluding hydrogens is 408 g/mol. The number of nitrogens with one attached hydrogen (secondary N) is 1. The number of unbranched alkanes of at least 4 members (excludes halogenated alkanes) is 2. The summed E-state index contributed by atoms with van der Waals surface area (Å²) < 4.78 is 0.575. The van der Waals surface area contributed by atoms with Gasteiger partial charge in [-0.2, -0.15) is 0 Å². The van der Waals surface area contributed by atoms with Crippen LogP contribution >= 0.6 is 24.0 Å². The van der Waals surface area contributed by atoms with Crippen molar-refractivity contribution in [3.8, 4) is 0 Å². The van der Waals surface area contributed by atoms with Crippen LogP contribution in [-0.4, -0.2) is 45.2 Å². The molecule has 1 aliphatic heterocycles. The number of benzene rings is 1. The quantitative estimate of drug-likeness (QED) is 0.313. The summed E-state index contributed by atoms with van der Waals surface area (Å²) in [4.78, 5) is 37.0. The van der Waals surface area contributed by atoms with Crippen molar-refractivity contribution in [2.45, 2.75) is 45.4 Å². The molecule has 6 nitrogen and oxygen atoms in total. The van der Waals surface area contributed by atoms with Gasteiger partial charge in [-0.3, -0.25) is 19.3 Å². The molecule has 0 bridgehead atoms. The number of aliphatic carboxylic acids is 1. The number of hydrogen-bond donors (Lipinski definition) is 2. The zero-order chi connectivity index (χ0) is 21.2. The highest BCUT2D eigenvalue weighted by Crippen LogP contribution is 2.33. The third-order valence-electron chi connectivity index (χ3n) is 4.52. The molecule has 0 atom stereocenters. The van der Waals surface area contributed by atoms with Gasteiger partial charge in [0.25, 0.3) is 5.91 Å². The van der Waals surface area contributed by atoms with E-state index in [9.17, 15) is 14.4 Å². The molecule has 0 radical (unpaired) electrons. The largest absolute Gasteiger partial charge is 0.481 e. The number of thiocarbonyl (C=S) groups is 1. The van der Waals surface area contributed by atoms with Crippen LogP contribution in [0.2, 0.25) is 0 Å². The first kappa shape index (κ1) is 23.1. The zero-order valence-electron chi connectivity index (χ0n) is 16.5. The molecule has 0 spiro atoms. The molecule has 1 saturated heterocycles. The van der Waals surface area contributed by atoms with E-state index in [4.69, 9.17) is 17.3 Å². The fraction of sp³-hybridized carbons (Fsp3) is 0.429. The predicted molar refractivity (Wildman–Crippen MR) is 119 cm³/mol. The molecule has 8 heteroatoms. The van der Waals surface area contributed by atoms with E-state index in [2.05, 4.69) is 5.32 Å². The minimum Gasteiger partial charge on any atom is -0.481 e. The van der Waals surface area contributed by atoms with E-state index in [1.54, 1.807) is 4.90 Å².